The Balaban J connectivity index is 1.79. The summed E-state index contributed by atoms with van der Waals surface area (Å²) in [5.41, 5.74) is 0.548. The first-order chi connectivity index (χ1) is 6.21. The van der Waals surface area contributed by atoms with Crippen LogP contribution in [-0.2, 0) is 6.54 Å². The summed E-state index contributed by atoms with van der Waals surface area (Å²) in [6, 6.07) is 4.53. The first-order valence-corrected chi connectivity index (χ1v) is 4.96. The molecule has 13 heavy (non-hydrogen) atoms. The lowest BCUT2D eigenvalue weighted by Gasteiger charge is -2.19. The van der Waals surface area contributed by atoms with Gasteiger partial charge in [0.15, 0.2) is 0 Å². The standard InChI is InChI=1S/C11H17NO/c1-9(11(2)5-6-11)12-8-10-4-3-7-13-10/h3-4,7,9,12H,5-6,8H2,1-2H3. The molecule has 1 aromatic rings. The highest BCUT2D eigenvalue weighted by Crippen LogP contribution is 2.47. The summed E-state index contributed by atoms with van der Waals surface area (Å²) < 4.78 is 5.25. The Kier molecular flexibility index (Phi) is 2.16. The van der Waals surface area contributed by atoms with Crippen molar-refractivity contribution in [2.24, 2.45) is 5.41 Å². The molecule has 0 amide bonds. The first kappa shape index (κ1) is 8.82. The van der Waals surface area contributed by atoms with Gasteiger partial charge in [-0.3, -0.25) is 0 Å². The van der Waals surface area contributed by atoms with E-state index in [9.17, 15) is 0 Å². The molecular formula is C11H17NO. The maximum Gasteiger partial charge on any atom is 0.117 e. The van der Waals surface area contributed by atoms with Gasteiger partial charge in [-0.2, -0.15) is 0 Å². The van der Waals surface area contributed by atoms with Crippen LogP contribution in [0.25, 0.3) is 0 Å². The van der Waals surface area contributed by atoms with Crippen molar-refractivity contribution in [3.05, 3.63) is 24.2 Å². The zero-order valence-corrected chi connectivity index (χ0v) is 8.34. The highest BCUT2D eigenvalue weighted by atomic mass is 16.3. The van der Waals surface area contributed by atoms with Gasteiger partial charge in [0.1, 0.15) is 5.76 Å². The van der Waals surface area contributed by atoms with Gasteiger partial charge in [-0.25, -0.2) is 0 Å². The Morgan fingerprint density at radius 2 is 2.38 bits per heavy atom. The largest absolute Gasteiger partial charge is 0.468 e. The number of hydrogen-bond donors (Lipinski definition) is 1. The van der Waals surface area contributed by atoms with Gasteiger partial charge in [0.25, 0.3) is 0 Å². The maximum absolute atomic E-state index is 5.25. The molecule has 72 valence electrons. The van der Waals surface area contributed by atoms with E-state index in [0.29, 0.717) is 11.5 Å². The van der Waals surface area contributed by atoms with Crippen molar-refractivity contribution in [1.29, 1.82) is 0 Å². The zero-order valence-electron chi connectivity index (χ0n) is 8.34. The van der Waals surface area contributed by atoms with Crippen LogP contribution in [0.3, 0.4) is 0 Å². The molecule has 1 fully saturated rings. The summed E-state index contributed by atoms with van der Waals surface area (Å²) in [5.74, 6) is 1.02. The summed E-state index contributed by atoms with van der Waals surface area (Å²) in [6.07, 6.45) is 4.44. The maximum atomic E-state index is 5.25. The minimum absolute atomic E-state index is 0.548. The van der Waals surface area contributed by atoms with Crippen molar-refractivity contribution in [2.75, 3.05) is 0 Å². The first-order valence-electron chi connectivity index (χ1n) is 4.96. The Morgan fingerprint density at radius 3 is 2.92 bits per heavy atom. The average molecular weight is 179 g/mol. The van der Waals surface area contributed by atoms with Crippen LogP contribution >= 0.6 is 0 Å². The quantitative estimate of drug-likeness (QED) is 0.768. The Hall–Kier alpha value is -0.760. The van der Waals surface area contributed by atoms with Gasteiger partial charge >= 0.3 is 0 Å². The second-order valence-corrected chi connectivity index (χ2v) is 4.34. The van der Waals surface area contributed by atoms with Gasteiger partial charge in [-0.15, -0.1) is 0 Å². The smallest absolute Gasteiger partial charge is 0.117 e. The topological polar surface area (TPSA) is 25.2 Å². The number of rotatable bonds is 4. The predicted molar refractivity (Wildman–Crippen MR) is 52.4 cm³/mol. The van der Waals surface area contributed by atoms with Crippen LogP contribution in [0.2, 0.25) is 0 Å². The summed E-state index contributed by atoms with van der Waals surface area (Å²) in [7, 11) is 0. The molecule has 2 nitrogen and oxygen atoms in total. The second-order valence-electron chi connectivity index (χ2n) is 4.34. The Morgan fingerprint density at radius 1 is 1.62 bits per heavy atom. The lowest BCUT2D eigenvalue weighted by Crippen LogP contribution is -2.32. The monoisotopic (exact) mass is 179 g/mol. The fourth-order valence-electron chi connectivity index (χ4n) is 1.54. The van der Waals surface area contributed by atoms with Crippen LogP contribution < -0.4 is 5.32 Å². The van der Waals surface area contributed by atoms with Crippen LogP contribution in [0.1, 0.15) is 32.4 Å². The van der Waals surface area contributed by atoms with Crippen molar-refractivity contribution in [2.45, 2.75) is 39.3 Å². The normalized spacial score (nSPS) is 21.4. The van der Waals surface area contributed by atoms with E-state index in [4.69, 9.17) is 4.42 Å². The number of furan rings is 1. The minimum atomic E-state index is 0.548. The molecule has 1 aromatic heterocycles. The van der Waals surface area contributed by atoms with Gasteiger partial charge in [0, 0.05) is 6.04 Å². The van der Waals surface area contributed by atoms with Crippen LogP contribution in [0.15, 0.2) is 22.8 Å². The summed E-state index contributed by atoms with van der Waals surface area (Å²) >= 11 is 0. The summed E-state index contributed by atoms with van der Waals surface area (Å²) in [5, 5.41) is 3.49. The molecule has 1 aliphatic rings. The van der Waals surface area contributed by atoms with Gasteiger partial charge in [0.2, 0.25) is 0 Å². The molecule has 1 aliphatic carbocycles. The molecule has 2 heteroatoms. The molecule has 0 saturated heterocycles. The van der Waals surface area contributed by atoms with Crippen LogP contribution in [-0.4, -0.2) is 6.04 Å². The molecule has 0 aromatic carbocycles. The third-order valence-corrected chi connectivity index (χ3v) is 3.25. The van der Waals surface area contributed by atoms with Gasteiger partial charge in [-0.05, 0) is 37.3 Å². The lowest BCUT2D eigenvalue weighted by molar-refractivity contribution is 0.361. The number of hydrogen-bond acceptors (Lipinski definition) is 2. The molecule has 1 N–H and O–H groups in total. The molecular weight excluding hydrogens is 162 g/mol. The van der Waals surface area contributed by atoms with Crippen molar-refractivity contribution < 1.29 is 4.42 Å². The van der Waals surface area contributed by atoms with Crippen molar-refractivity contribution in [3.8, 4) is 0 Å². The van der Waals surface area contributed by atoms with Crippen LogP contribution in [0, 0.1) is 5.41 Å². The van der Waals surface area contributed by atoms with E-state index in [2.05, 4.69) is 19.2 Å². The molecule has 0 bridgehead atoms. The second kappa shape index (κ2) is 3.18. The SMILES string of the molecule is CC(NCc1ccco1)C1(C)CC1. The minimum Gasteiger partial charge on any atom is -0.468 e. The van der Waals surface area contributed by atoms with E-state index in [1.165, 1.54) is 12.8 Å². The Labute approximate surface area is 79.3 Å². The predicted octanol–water partition coefficient (Wildman–Crippen LogP) is 2.56. The Bertz CT molecular complexity index is 262. The van der Waals surface area contributed by atoms with E-state index >= 15 is 0 Å². The van der Waals surface area contributed by atoms with Crippen molar-refractivity contribution in [3.63, 3.8) is 0 Å². The highest BCUT2D eigenvalue weighted by molar-refractivity contribution is 5.00. The van der Waals surface area contributed by atoms with Crippen LogP contribution in [0.5, 0.6) is 0 Å². The van der Waals surface area contributed by atoms with Crippen LogP contribution in [0.4, 0.5) is 0 Å². The van der Waals surface area contributed by atoms with E-state index in [1.54, 1.807) is 6.26 Å². The molecule has 0 aliphatic heterocycles. The summed E-state index contributed by atoms with van der Waals surface area (Å²) in [4.78, 5) is 0. The third-order valence-electron chi connectivity index (χ3n) is 3.25. The van der Waals surface area contributed by atoms with Gasteiger partial charge in [-0.1, -0.05) is 6.92 Å². The third kappa shape index (κ3) is 1.94. The molecule has 1 saturated carbocycles. The summed E-state index contributed by atoms with van der Waals surface area (Å²) in [6.45, 7) is 5.45. The van der Waals surface area contributed by atoms with Gasteiger partial charge in [0.05, 0.1) is 12.8 Å². The molecule has 2 rings (SSSR count). The zero-order chi connectivity index (χ0) is 9.31. The van der Waals surface area contributed by atoms with E-state index in [0.717, 1.165) is 12.3 Å². The molecule has 1 atom stereocenters. The van der Waals surface area contributed by atoms with Crippen molar-refractivity contribution in [1.82, 2.24) is 5.32 Å². The number of nitrogens with one attached hydrogen (secondary N) is 1. The average Bonchev–Trinajstić information content (AvgIpc) is 2.70. The van der Waals surface area contributed by atoms with E-state index in [1.807, 2.05) is 12.1 Å². The fraction of sp³-hybridized carbons (Fsp3) is 0.636. The van der Waals surface area contributed by atoms with Crippen molar-refractivity contribution >= 4 is 0 Å². The molecule has 0 spiro atoms. The van der Waals surface area contributed by atoms with E-state index < -0.39 is 0 Å². The molecule has 1 unspecified atom stereocenters. The molecule has 1 heterocycles. The highest BCUT2D eigenvalue weighted by Gasteiger charge is 2.42. The fourth-order valence-corrected chi connectivity index (χ4v) is 1.54. The molecule has 0 radical (unpaired) electrons. The van der Waals surface area contributed by atoms with E-state index in [-0.39, 0.29) is 0 Å². The van der Waals surface area contributed by atoms with Gasteiger partial charge < -0.3 is 9.73 Å². The lowest BCUT2D eigenvalue weighted by atomic mass is 10.0.